The lowest BCUT2D eigenvalue weighted by atomic mass is 9.96. The van der Waals surface area contributed by atoms with Gasteiger partial charge in [-0.25, -0.2) is 15.0 Å². The maximum atomic E-state index is 15.0. The van der Waals surface area contributed by atoms with E-state index in [0.29, 0.717) is 67.6 Å². The number of alkyl halides is 6. The zero-order chi connectivity index (χ0) is 53.5. The molecule has 0 bridgehead atoms. The van der Waals surface area contributed by atoms with Crippen LogP contribution in [0.5, 0.6) is 0 Å². The summed E-state index contributed by atoms with van der Waals surface area (Å²) in [5, 5.41) is 3.64. The van der Waals surface area contributed by atoms with E-state index in [1.54, 1.807) is 32.0 Å². The highest BCUT2D eigenvalue weighted by molar-refractivity contribution is 6.13. The monoisotopic (exact) mass is 1030 g/mol. The second-order valence-electron chi connectivity index (χ2n) is 19.6. The van der Waals surface area contributed by atoms with Gasteiger partial charge >= 0.3 is 12.4 Å². The van der Waals surface area contributed by atoms with Gasteiger partial charge in [-0.05, 0) is 126 Å². The van der Waals surface area contributed by atoms with Gasteiger partial charge in [-0.15, -0.1) is 0 Å². The Bertz CT molecular complexity index is 4430. The van der Waals surface area contributed by atoms with Crippen molar-refractivity contribution in [3.05, 3.63) is 247 Å². The molecule has 10 aromatic carbocycles. The molecule has 0 amide bonds. The Morgan fingerprint density at radius 1 is 0.333 bits per heavy atom. The SMILES string of the molecule is Cc1ccc(-c2ccc3c4ccc(-c5ccc(C(F)(F)F)cc5C)cc4n(-c4ccc(-c5ccc6c(c5)c5ccccc5n6-c5ccccc5)cc4-c4nc(-c5ccccc5)nc(-c5ccccc5)n4)c3c2)c(C(F)(F)F)c1. The number of fused-ring (bicyclic) bond motifs is 6. The third-order valence-corrected chi connectivity index (χ3v) is 14.6. The topological polar surface area (TPSA) is 48.5 Å². The summed E-state index contributed by atoms with van der Waals surface area (Å²) < 4.78 is 91.2. The lowest BCUT2D eigenvalue weighted by Crippen LogP contribution is -2.07. The van der Waals surface area contributed by atoms with Crippen LogP contribution in [-0.2, 0) is 12.4 Å². The van der Waals surface area contributed by atoms with Gasteiger partial charge in [0.2, 0.25) is 0 Å². The Hall–Kier alpha value is -9.61. The molecule has 78 heavy (non-hydrogen) atoms. The second-order valence-corrected chi connectivity index (χ2v) is 19.6. The summed E-state index contributed by atoms with van der Waals surface area (Å²) in [6.45, 7) is 3.29. The number of hydrogen-bond donors (Lipinski definition) is 0. The molecule has 0 radical (unpaired) electrons. The molecule has 0 aliphatic carbocycles. The molecule has 0 fully saturated rings. The van der Waals surface area contributed by atoms with Gasteiger partial charge in [0.05, 0.1) is 38.9 Å². The molecule has 0 aliphatic heterocycles. The average molecular weight is 1030 g/mol. The van der Waals surface area contributed by atoms with Crippen LogP contribution in [-0.4, -0.2) is 24.1 Å². The molecule has 0 saturated heterocycles. The van der Waals surface area contributed by atoms with Gasteiger partial charge in [-0.1, -0.05) is 157 Å². The van der Waals surface area contributed by atoms with Crippen LogP contribution in [0.2, 0.25) is 0 Å². The van der Waals surface area contributed by atoms with Gasteiger partial charge in [-0.3, -0.25) is 0 Å². The lowest BCUT2D eigenvalue weighted by Gasteiger charge is -2.18. The molecule has 0 aliphatic rings. The fourth-order valence-electron chi connectivity index (χ4n) is 10.9. The Balaban J connectivity index is 1.12. The van der Waals surface area contributed by atoms with Crippen molar-refractivity contribution in [2.24, 2.45) is 0 Å². The number of nitrogens with zero attached hydrogens (tertiary/aromatic N) is 5. The number of halogens is 6. The Morgan fingerprint density at radius 3 is 1.49 bits per heavy atom. The van der Waals surface area contributed by atoms with Crippen molar-refractivity contribution in [2.45, 2.75) is 26.2 Å². The summed E-state index contributed by atoms with van der Waals surface area (Å²) in [4.78, 5) is 15.5. The first-order valence-electron chi connectivity index (χ1n) is 25.3. The Morgan fingerprint density at radius 2 is 0.859 bits per heavy atom. The van der Waals surface area contributed by atoms with E-state index in [1.165, 1.54) is 12.1 Å². The molecule has 0 spiro atoms. The Labute approximate surface area is 444 Å². The number of rotatable bonds is 8. The minimum Gasteiger partial charge on any atom is -0.309 e. The summed E-state index contributed by atoms with van der Waals surface area (Å²) in [6.07, 6.45) is -9.18. The van der Waals surface area contributed by atoms with Crippen molar-refractivity contribution in [2.75, 3.05) is 0 Å². The van der Waals surface area contributed by atoms with Crippen molar-refractivity contribution < 1.29 is 26.3 Å². The van der Waals surface area contributed by atoms with Crippen LogP contribution in [0.4, 0.5) is 26.3 Å². The molecule has 3 aromatic heterocycles. The largest absolute Gasteiger partial charge is 0.417 e. The van der Waals surface area contributed by atoms with E-state index in [0.717, 1.165) is 78.7 Å². The summed E-state index contributed by atoms with van der Waals surface area (Å²) >= 11 is 0. The van der Waals surface area contributed by atoms with Crippen LogP contribution < -0.4 is 0 Å². The number of para-hydroxylation sites is 2. The molecule has 0 unspecified atom stereocenters. The molecule has 0 atom stereocenters. The van der Waals surface area contributed by atoms with Crippen molar-refractivity contribution in [3.63, 3.8) is 0 Å². The molecule has 3 heterocycles. The Kier molecular flexibility index (Phi) is 11.5. The van der Waals surface area contributed by atoms with Crippen LogP contribution >= 0.6 is 0 Å². The highest BCUT2D eigenvalue weighted by atomic mass is 19.4. The quantitative estimate of drug-likeness (QED) is 0.143. The standard InChI is InChI=1S/C67H43F6N5/c1-40-22-28-51(57(34-40)67(71,72)73)47-24-30-54-53-29-23-46(50-31-27-48(35-41(50)2)66(68,69)70)38-61(53)78(62(54)39-47)60-33-26-45(44-25-32-59-55(36-44)52-20-12-13-21-58(52)77(59)49-18-10-5-11-19-49)37-56(60)65-75-63(42-14-6-3-7-15-42)74-64(76-65)43-16-8-4-9-17-43/h3-39H,1-2H3. The first-order valence-corrected chi connectivity index (χ1v) is 25.3. The van der Waals surface area contributed by atoms with Crippen LogP contribution in [0.15, 0.2) is 224 Å². The highest BCUT2D eigenvalue weighted by Crippen LogP contribution is 2.45. The van der Waals surface area contributed by atoms with Crippen LogP contribution in [0, 0.1) is 13.8 Å². The van der Waals surface area contributed by atoms with Gasteiger partial charge in [0.15, 0.2) is 17.5 Å². The van der Waals surface area contributed by atoms with Crippen molar-refractivity contribution in [1.82, 2.24) is 24.1 Å². The average Bonchev–Trinajstić information content (AvgIpc) is 4.20. The molecular formula is C67H43F6N5. The van der Waals surface area contributed by atoms with E-state index < -0.39 is 23.5 Å². The lowest BCUT2D eigenvalue weighted by molar-refractivity contribution is -0.138. The third-order valence-electron chi connectivity index (χ3n) is 14.6. The maximum Gasteiger partial charge on any atom is 0.417 e. The third kappa shape index (κ3) is 8.44. The van der Waals surface area contributed by atoms with Gasteiger partial charge in [-0.2, -0.15) is 26.3 Å². The zero-order valence-electron chi connectivity index (χ0n) is 41.9. The van der Waals surface area contributed by atoms with Gasteiger partial charge < -0.3 is 9.13 Å². The maximum absolute atomic E-state index is 15.0. The van der Waals surface area contributed by atoms with Crippen molar-refractivity contribution in [3.8, 4) is 78.9 Å². The van der Waals surface area contributed by atoms with Crippen molar-refractivity contribution in [1.29, 1.82) is 0 Å². The van der Waals surface area contributed by atoms with Gasteiger partial charge in [0.25, 0.3) is 0 Å². The fraction of sp³-hybridized carbons (Fsp3) is 0.0597. The predicted molar refractivity (Wildman–Crippen MR) is 301 cm³/mol. The van der Waals surface area contributed by atoms with E-state index in [-0.39, 0.29) is 5.56 Å². The normalized spacial score (nSPS) is 12.1. The molecular weight excluding hydrogens is 989 g/mol. The minimum atomic E-state index is -4.65. The summed E-state index contributed by atoms with van der Waals surface area (Å²) in [6, 6.07) is 69.4. The van der Waals surface area contributed by atoms with E-state index >= 15 is 0 Å². The molecule has 5 nitrogen and oxygen atoms in total. The van der Waals surface area contributed by atoms with E-state index in [2.05, 4.69) is 53.1 Å². The molecule has 11 heteroatoms. The van der Waals surface area contributed by atoms with Crippen LogP contribution in [0.1, 0.15) is 22.3 Å². The molecule has 378 valence electrons. The molecule has 13 aromatic rings. The number of aromatic nitrogens is 5. The van der Waals surface area contributed by atoms with Crippen LogP contribution in [0.25, 0.3) is 123 Å². The smallest absolute Gasteiger partial charge is 0.309 e. The summed E-state index contributed by atoms with van der Waals surface area (Å²) in [5.41, 5.74) is 9.80. The minimum absolute atomic E-state index is 0.0185. The zero-order valence-corrected chi connectivity index (χ0v) is 41.9. The van der Waals surface area contributed by atoms with Gasteiger partial charge in [0.1, 0.15) is 0 Å². The molecule has 13 rings (SSSR count). The van der Waals surface area contributed by atoms with E-state index in [1.807, 2.05) is 132 Å². The fourth-order valence-corrected chi connectivity index (χ4v) is 10.9. The highest BCUT2D eigenvalue weighted by Gasteiger charge is 2.34. The predicted octanol–water partition coefficient (Wildman–Crippen LogP) is 18.7. The first-order chi connectivity index (χ1) is 37.7. The van der Waals surface area contributed by atoms with Gasteiger partial charge in [0, 0.05) is 43.9 Å². The molecule has 0 N–H and O–H groups in total. The molecule has 0 saturated carbocycles. The van der Waals surface area contributed by atoms with E-state index in [4.69, 9.17) is 15.0 Å². The van der Waals surface area contributed by atoms with Crippen LogP contribution in [0.3, 0.4) is 0 Å². The summed E-state index contributed by atoms with van der Waals surface area (Å²) in [7, 11) is 0. The number of aryl methyl sites for hydroxylation is 2. The second kappa shape index (κ2) is 18.6. The summed E-state index contributed by atoms with van der Waals surface area (Å²) in [5.74, 6) is 1.18. The van der Waals surface area contributed by atoms with E-state index in [9.17, 15) is 26.3 Å². The number of hydrogen-bond acceptors (Lipinski definition) is 3. The number of benzene rings is 10. The van der Waals surface area contributed by atoms with Crippen molar-refractivity contribution >= 4 is 43.6 Å². The first kappa shape index (κ1) is 48.1.